The summed E-state index contributed by atoms with van der Waals surface area (Å²) in [7, 11) is 2.21. The van der Waals surface area contributed by atoms with Gasteiger partial charge in [-0.3, -0.25) is 9.80 Å². The molecule has 0 radical (unpaired) electrons. The first-order valence-corrected chi connectivity index (χ1v) is 15.9. The fraction of sp³-hybridized carbons (Fsp3) is 0.576. The minimum absolute atomic E-state index is 0.0528. The topological polar surface area (TPSA) is 99.2 Å². The number of nitrogens with one attached hydrogen (secondary N) is 1. The van der Waals surface area contributed by atoms with Crippen LogP contribution in [-0.2, 0) is 14.9 Å². The first-order chi connectivity index (χ1) is 21.0. The Morgan fingerprint density at radius 2 is 1.84 bits per heavy atom. The van der Waals surface area contributed by atoms with Crippen LogP contribution < -0.4 is 15.1 Å². The Morgan fingerprint density at radius 1 is 1.05 bits per heavy atom. The van der Waals surface area contributed by atoms with E-state index in [0.717, 1.165) is 55.4 Å². The normalized spacial score (nSPS) is 31.9. The molecule has 44 heavy (non-hydrogen) atoms. The van der Waals surface area contributed by atoms with Crippen molar-refractivity contribution in [3.05, 3.63) is 53.9 Å². The summed E-state index contributed by atoms with van der Waals surface area (Å²) >= 11 is 0. The number of hydrogen-bond acceptors (Lipinski definition) is 10. The molecule has 234 valence electrons. The predicted octanol–water partition coefficient (Wildman–Crippen LogP) is 4.45. The fourth-order valence-corrected chi connectivity index (χ4v) is 7.26. The number of ether oxygens (including phenoxy) is 2. The minimum Gasteiger partial charge on any atom is -0.447 e. The summed E-state index contributed by atoms with van der Waals surface area (Å²) in [6.45, 7) is 14.9. The van der Waals surface area contributed by atoms with E-state index in [1.165, 1.54) is 0 Å². The number of rotatable bonds is 5. The van der Waals surface area contributed by atoms with Gasteiger partial charge in [0, 0.05) is 54.6 Å². The van der Waals surface area contributed by atoms with E-state index in [9.17, 15) is 4.79 Å². The Kier molecular flexibility index (Phi) is 7.17. The van der Waals surface area contributed by atoms with Gasteiger partial charge in [0.1, 0.15) is 24.1 Å². The standard InChI is InChI=1S/C33H44N8O3/c1-21-18-39(15-14-38(21)6)24-12-10-23(11-13-24)35-30-34-17-25-29(37-30)41(26-16-32(3,4)44-20-33(25,26)5)28-9-7-8-27(36-28)40-22(2)19-43-31(40)42/h7-12,17,21-22,24,26H,13-16,18-20H2,1-6H3,(H,34,35,37)/t21-,22+,24?,26+,33+/m1/s1. The smallest absolute Gasteiger partial charge is 0.415 e. The monoisotopic (exact) mass is 600 g/mol. The molecule has 3 fully saturated rings. The Labute approximate surface area is 259 Å². The number of piperazine rings is 1. The number of carbonyl (C=O) groups is 1. The van der Waals surface area contributed by atoms with E-state index in [2.05, 4.69) is 73.0 Å². The van der Waals surface area contributed by atoms with Gasteiger partial charge in [0.25, 0.3) is 0 Å². The van der Waals surface area contributed by atoms with Crippen molar-refractivity contribution < 1.29 is 14.3 Å². The lowest BCUT2D eigenvalue weighted by Gasteiger charge is -2.46. The number of cyclic esters (lactones) is 1. The van der Waals surface area contributed by atoms with Crippen LogP contribution >= 0.6 is 0 Å². The maximum absolute atomic E-state index is 12.5. The number of pyridine rings is 1. The molecule has 2 aromatic heterocycles. The number of fused-ring (bicyclic) bond motifs is 3. The second kappa shape index (κ2) is 10.8. The minimum atomic E-state index is -0.368. The number of hydrogen-bond donors (Lipinski definition) is 1. The molecule has 0 aromatic carbocycles. The van der Waals surface area contributed by atoms with E-state index >= 15 is 0 Å². The number of amides is 1. The molecule has 0 bridgehead atoms. The summed E-state index contributed by atoms with van der Waals surface area (Å²) in [4.78, 5) is 36.3. The Balaban J connectivity index is 1.18. The maximum atomic E-state index is 12.5. The largest absolute Gasteiger partial charge is 0.447 e. The lowest BCUT2D eigenvalue weighted by Crippen LogP contribution is -2.54. The van der Waals surface area contributed by atoms with Crippen LogP contribution in [0.3, 0.4) is 0 Å². The van der Waals surface area contributed by atoms with Crippen LogP contribution in [0.2, 0.25) is 0 Å². The average molecular weight is 601 g/mol. The number of nitrogens with zero attached hydrogens (tertiary/aromatic N) is 7. The summed E-state index contributed by atoms with van der Waals surface area (Å²) in [5.41, 5.74) is 1.42. The average Bonchev–Trinajstić information content (AvgIpc) is 3.46. The highest BCUT2D eigenvalue weighted by molar-refractivity contribution is 5.89. The van der Waals surface area contributed by atoms with Crippen molar-refractivity contribution in [2.45, 2.75) is 82.6 Å². The molecule has 1 N–H and O–H groups in total. The quantitative estimate of drug-likeness (QED) is 0.530. The molecule has 6 heterocycles. The SMILES string of the molecule is C[C@@H]1CN(C2C=CC(Nc3ncc4c(n3)N(c3cccc(N5C(=O)OC[C@@H]5C)n3)[C@H]3CC(C)(C)OC[C@@]43C)=CC2)CCN1C. The molecule has 11 nitrogen and oxygen atoms in total. The molecular weight excluding hydrogens is 556 g/mol. The van der Waals surface area contributed by atoms with Crippen LogP contribution in [0, 0.1) is 0 Å². The lowest BCUT2D eigenvalue weighted by atomic mass is 9.73. The van der Waals surface area contributed by atoms with Gasteiger partial charge in [-0.25, -0.2) is 14.8 Å². The molecule has 0 spiro atoms. The van der Waals surface area contributed by atoms with Gasteiger partial charge in [0.15, 0.2) is 0 Å². The van der Waals surface area contributed by atoms with Crippen LogP contribution in [0.4, 0.5) is 28.2 Å². The fourth-order valence-electron chi connectivity index (χ4n) is 7.26. The zero-order valence-electron chi connectivity index (χ0n) is 26.7. The highest BCUT2D eigenvalue weighted by Crippen LogP contribution is 2.53. The molecule has 5 atom stereocenters. The third kappa shape index (κ3) is 5.04. The molecule has 1 unspecified atom stereocenters. The summed E-state index contributed by atoms with van der Waals surface area (Å²) in [5.74, 6) is 2.69. The van der Waals surface area contributed by atoms with Gasteiger partial charge < -0.3 is 24.6 Å². The Bertz CT molecular complexity index is 1510. The van der Waals surface area contributed by atoms with E-state index in [4.69, 9.17) is 24.4 Å². The van der Waals surface area contributed by atoms with Crippen LogP contribution in [0.15, 0.2) is 48.3 Å². The van der Waals surface area contributed by atoms with Gasteiger partial charge in [-0.15, -0.1) is 0 Å². The van der Waals surface area contributed by atoms with Gasteiger partial charge in [-0.1, -0.05) is 25.1 Å². The van der Waals surface area contributed by atoms with E-state index < -0.39 is 0 Å². The lowest BCUT2D eigenvalue weighted by molar-refractivity contribution is -0.0893. The first-order valence-electron chi connectivity index (χ1n) is 15.9. The van der Waals surface area contributed by atoms with Crippen molar-refractivity contribution >= 4 is 29.5 Å². The Hall–Kier alpha value is -3.54. The number of carbonyl (C=O) groups excluding carboxylic acids is 1. The van der Waals surface area contributed by atoms with Crippen molar-refractivity contribution in [1.82, 2.24) is 24.8 Å². The zero-order chi connectivity index (χ0) is 30.8. The zero-order valence-corrected chi connectivity index (χ0v) is 26.7. The molecule has 5 aliphatic rings. The highest BCUT2D eigenvalue weighted by Gasteiger charge is 2.55. The summed E-state index contributed by atoms with van der Waals surface area (Å²) < 4.78 is 11.7. The Morgan fingerprint density at radius 3 is 2.55 bits per heavy atom. The first kappa shape index (κ1) is 29.2. The second-order valence-electron chi connectivity index (χ2n) is 13.9. The molecule has 2 aromatic rings. The predicted molar refractivity (Wildman–Crippen MR) is 170 cm³/mol. The van der Waals surface area contributed by atoms with Gasteiger partial charge in [-0.05, 0) is 65.8 Å². The summed E-state index contributed by atoms with van der Waals surface area (Å²) in [6, 6.07) is 6.75. The third-order valence-corrected chi connectivity index (χ3v) is 10.2. The van der Waals surface area contributed by atoms with Gasteiger partial charge in [0.2, 0.25) is 5.95 Å². The van der Waals surface area contributed by atoms with Crippen LogP contribution in [0.25, 0.3) is 0 Å². The second-order valence-corrected chi connectivity index (χ2v) is 13.9. The van der Waals surface area contributed by atoms with Crippen molar-refractivity contribution in [3.8, 4) is 0 Å². The van der Waals surface area contributed by atoms with Gasteiger partial charge >= 0.3 is 6.09 Å². The van der Waals surface area contributed by atoms with Crippen LogP contribution in [0.1, 0.15) is 53.0 Å². The molecule has 11 heteroatoms. The van der Waals surface area contributed by atoms with Crippen molar-refractivity contribution in [1.29, 1.82) is 0 Å². The van der Waals surface area contributed by atoms with E-state index in [1.54, 1.807) is 4.90 Å². The maximum Gasteiger partial charge on any atom is 0.415 e. The molecule has 1 aliphatic carbocycles. The number of aromatic nitrogens is 3. The van der Waals surface area contributed by atoms with Gasteiger partial charge in [-0.2, -0.15) is 4.98 Å². The highest BCUT2D eigenvalue weighted by atomic mass is 16.6. The van der Waals surface area contributed by atoms with E-state index in [0.29, 0.717) is 37.1 Å². The number of allylic oxidation sites excluding steroid dienone is 1. The van der Waals surface area contributed by atoms with Crippen molar-refractivity contribution in [2.24, 2.45) is 0 Å². The molecule has 4 aliphatic heterocycles. The van der Waals surface area contributed by atoms with Gasteiger partial charge in [0.05, 0.1) is 24.3 Å². The molecule has 1 amide bonds. The van der Waals surface area contributed by atoms with E-state index in [-0.39, 0.29) is 29.2 Å². The van der Waals surface area contributed by atoms with Crippen molar-refractivity contribution in [2.75, 3.05) is 55.0 Å². The van der Waals surface area contributed by atoms with Crippen LogP contribution in [0.5, 0.6) is 0 Å². The molecule has 3 saturated heterocycles. The summed E-state index contributed by atoms with van der Waals surface area (Å²) in [6.07, 6.45) is 10.0. The number of likely N-dealkylation sites (N-methyl/N-ethyl adjacent to an activating group) is 1. The molecule has 0 saturated carbocycles. The third-order valence-electron chi connectivity index (χ3n) is 10.2. The number of anilines is 4. The van der Waals surface area contributed by atoms with Crippen molar-refractivity contribution in [3.63, 3.8) is 0 Å². The molecular formula is C33H44N8O3. The van der Waals surface area contributed by atoms with Crippen LogP contribution in [-0.4, -0.2) is 101 Å². The molecule has 7 rings (SSSR count). The summed E-state index contributed by atoms with van der Waals surface area (Å²) in [5, 5.41) is 3.48. The van der Waals surface area contributed by atoms with E-state index in [1.807, 2.05) is 31.3 Å².